The first-order chi connectivity index (χ1) is 14.7. The fourth-order valence-corrected chi connectivity index (χ4v) is 4.38. The van der Waals surface area contributed by atoms with E-state index in [1.165, 1.54) is 10.6 Å². The van der Waals surface area contributed by atoms with Gasteiger partial charge in [-0.25, -0.2) is 0 Å². The monoisotopic (exact) mass is 492 g/mol. The van der Waals surface area contributed by atoms with E-state index in [0.717, 1.165) is 23.2 Å². The lowest BCUT2D eigenvalue weighted by atomic mass is 9.95. The quantitative estimate of drug-likeness (QED) is 0.245. The summed E-state index contributed by atoms with van der Waals surface area (Å²) in [6.45, 7) is 2.88. The van der Waals surface area contributed by atoms with Gasteiger partial charge < -0.3 is 4.90 Å². The van der Waals surface area contributed by atoms with E-state index in [0.29, 0.717) is 34.3 Å². The average molecular weight is 493 g/mol. The van der Waals surface area contributed by atoms with E-state index in [9.17, 15) is 18.0 Å². The minimum atomic E-state index is -4.49. The summed E-state index contributed by atoms with van der Waals surface area (Å²) in [4.78, 5) is 20.8. The van der Waals surface area contributed by atoms with Gasteiger partial charge in [-0.3, -0.25) is 14.3 Å². The molecule has 1 aliphatic rings. The SMILES string of the molecule is Cc1cc(Br)c(N=[N+]=[N-])c2cn(C(=O)CC3CN(c4ccnc(C(F)(F)F)c4)C3)cc12. The average Bonchev–Trinajstić information content (AvgIpc) is 3.13. The van der Waals surface area contributed by atoms with Gasteiger partial charge in [0.25, 0.3) is 0 Å². The second kappa shape index (κ2) is 7.90. The molecule has 0 unspecified atom stereocenters. The van der Waals surface area contributed by atoms with Crippen molar-refractivity contribution < 1.29 is 18.0 Å². The van der Waals surface area contributed by atoms with Crippen LogP contribution in [0.15, 0.2) is 46.4 Å². The molecule has 0 radical (unpaired) electrons. The number of azide groups is 1. The Hall–Kier alpha value is -3.04. The smallest absolute Gasteiger partial charge is 0.371 e. The van der Waals surface area contributed by atoms with Crippen molar-refractivity contribution in [2.24, 2.45) is 11.0 Å². The third-order valence-corrected chi connectivity index (χ3v) is 5.93. The molecule has 0 N–H and O–H groups in total. The fourth-order valence-electron chi connectivity index (χ4n) is 3.75. The van der Waals surface area contributed by atoms with Crippen molar-refractivity contribution in [3.63, 3.8) is 0 Å². The van der Waals surface area contributed by atoms with Gasteiger partial charge >= 0.3 is 6.18 Å². The van der Waals surface area contributed by atoms with Crippen LogP contribution in [0.1, 0.15) is 22.5 Å². The highest BCUT2D eigenvalue weighted by Crippen LogP contribution is 2.37. The van der Waals surface area contributed by atoms with Crippen LogP contribution in [0.3, 0.4) is 0 Å². The minimum Gasteiger partial charge on any atom is -0.371 e. The van der Waals surface area contributed by atoms with Crippen molar-refractivity contribution >= 4 is 44.0 Å². The lowest BCUT2D eigenvalue weighted by molar-refractivity contribution is -0.141. The highest BCUT2D eigenvalue weighted by molar-refractivity contribution is 9.10. The summed E-state index contributed by atoms with van der Waals surface area (Å²) < 4.78 is 40.7. The molecule has 2 aromatic heterocycles. The molecule has 1 saturated heterocycles. The zero-order chi connectivity index (χ0) is 22.3. The highest BCUT2D eigenvalue weighted by atomic mass is 79.9. The third kappa shape index (κ3) is 4.11. The molecule has 3 aromatic rings. The van der Waals surface area contributed by atoms with Crippen LogP contribution in [0.4, 0.5) is 24.5 Å². The summed E-state index contributed by atoms with van der Waals surface area (Å²) in [5.74, 6) is -0.0982. The number of hydrogen-bond donors (Lipinski definition) is 0. The van der Waals surface area contributed by atoms with Crippen molar-refractivity contribution in [1.29, 1.82) is 0 Å². The number of anilines is 1. The van der Waals surface area contributed by atoms with Gasteiger partial charge in [0.2, 0.25) is 5.91 Å². The molecule has 0 amide bonds. The highest BCUT2D eigenvalue weighted by Gasteiger charge is 2.35. The number of carbonyl (C=O) groups excluding carboxylic acids is 1. The standard InChI is InChI=1S/C20H16BrF3N6O/c1-11-4-16(21)19(27-28-25)15-10-30(9-14(11)15)18(31)5-12-7-29(8-12)13-2-3-26-17(6-13)20(22,23)24/h2-4,6,9-10,12H,5,7-8H2,1H3. The van der Waals surface area contributed by atoms with Crippen LogP contribution in [0.25, 0.3) is 21.2 Å². The van der Waals surface area contributed by atoms with Gasteiger partial charge in [0, 0.05) is 69.9 Å². The second-order valence-corrected chi connectivity index (χ2v) is 8.33. The Morgan fingerprint density at radius 1 is 1.32 bits per heavy atom. The molecule has 1 fully saturated rings. The first-order valence-corrected chi connectivity index (χ1v) is 10.1. The number of aromatic nitrogens is 2. The second-order valence-electron chi connectivity index (χ2n) is 7.47. The maximum absolute atomic E-state index is 12.8. The number of nitrogens with zero attached hydrogens (tertiary/aromatic N) is 6. The Kier molecular flexibility index (Phi) is 5.40. The lowest BCUT2D eigenvalue weighted by Crippen LogP contribution is -2.48. The molecule has 11 heteroatoms. The summed E-state index contributed by atoms with van der Waals surface area (Å²) >= 11 is 3.38. The first-order valence-electron chi connectivity index (χ1n) is 9.34. The first kappa shape index (κ1) is 21.2. The Morgan fingerprint density at radius 3 is 2.71 bits per heavy atom. The maximum atomic E-state index is 12.8. The van der Waals surface area contributed by atoms with Gasteiger partial charge in [0.05, 0.1) is 5.69 Å². The van der Waals surface area contributed by atoms with Crippen molar-refractivity contribution in [2.75, 3.05) is 18.0 Å². The van der Waals surface area contributed by atoms with E-state index >= 15 is 0 Å². The summed E-state index contributed by atoms with van der Waals surface area (Å²) in [5, 5.41) is 5.20. The zero-order valence-corrected chi connectivity index (χ0v) is 17.9. The van der Waals surface area contributed by atoms with Crippen LogP contribution >= 0.6 is 15.9 Å². The molecular formula is C20H16BrF3N6O. The van der Waals surface area contributed by atoms with Crippen LogP contribution in [0.2, 0.25) is 0 Å². The third-order valence-electron chi connectivity index (χ3n) is 5.33. The molecule has 4 rings (SSSR count). The van der Waals surface area contributed by atoms with Crippen LogP contribution in [-0.2, 0) is 6.18 Å². The number of pyridine rings is 1. The van der Waals surface area contributed by atoms with Crippen molar-refractivity contribution in [3.05, 3.63) is 63.0 Å². The lowest BCUT2D eigenvalue weighted by Gasteiger charge is -2.41. The van der Waals surface area contributed by atoms with Gasteiger partial charge in [-0.15, -0.1) is 0 Å². The zero-order valence-electron chi connectivity index (χ0n) is 16.3. The van der Waals surface area contributed by atoms with Gasteiger partial charge in [-0.1, -0.05) is 21.0 Å². The molecule has 0 atom stereocenters. The molecule has 1 aromatic carbocycles. The Bertz CT molecular complexity index is 1230. The number of halogens is 4. The topological polar surface area (TPSA) is 86.9 Å². The van der Waals surface area contributed by atoms with Crippen molar-refractivity contribution in [1.82, 2.24) is 9.55 Å². The van der Waals surface area contributed by atoms with Gasteiger partial charge in [-0.05, 0) is 36.2 Å². The number of hydrogen-bond acceptors (Lipinski definition) is 4. The van der Waals surface area contributed by atoms with Crippen molar-refractivity contribution in [3.8, 4) is 0 Å². The molecule has 31 heavy (non-hydrogen) atoms. The van der Waals surface area contributed by atoms with Crippen molar-refractivity contribution in [2.45, 2.75) is 19.5 Å². The molecule has 160 valence electrons. The van der Waals surface area contributed by atoms with Gasteiger partial charge in [0.15, 0.2) is 0 Å². The van der Waals surface area contributed by atoms with Gasteiger partial charge in [-0.2, -0.15) is 13.2 Å². The van der Waals surface area contributed by atoms with Gasteiger partial charge in [0.1, 0.15) is 5.69 Å². The van der Waals surface area contributed by atoms with Crippen LogP contribution < -0.4 is 4.90 Å². The predicted octanol–water partition coefficient (Wildman–Crippen LogP) is 6.23. The summed E-state index contributed by atoms with van der Waals surface area (Å²) in [6.07, 6.45) is 0.267. The van der Waals surface area contributed by atoms with Crippen LogP contribution in [0.5, 0.6) is 0 Å². The minimum absolute atomic E-state index is 0.0324. The molecule has 0 saturated carbocycles. The number of carbonyl (C=O) groups is 1. The van der Waals surface area contributed by atoms with E-state index in [2.05, 4.69) is 30.9 Å². The number of alkyl halides is 3. The fraction of sp³-hybridized carbons (Fsp3) is 0.300. The molecule has 0 aliphatic carbocycles. The van der Waals surface area contributed by atoms with E-state index in [1.54, 1.807) is 17.3 Å². The summed E-state index contributed by atoms with van der Waals surface area (Å²) in [7, 11) is 0. The maximum Gasteiger partial charge on any atom is 0.433 e. The van der Waals surface area contributed by atoms with E-state index in [1.807, 2.05) is 13.0 Å². The van der Waals surface area contributed by atoms with Crippen LogP contribution in [0, 0.1) is 12.8 Å². The van der Waals surface area contributed by atoms with E-state index in [-0.39, 0.29) is 18.2 Å². The molecule has 7 nitrogen and oxygen atoms in total. The summed E-state index contributed by atoms with van der Waals surface area (Å²) in [6, 6.07) is 4.38. The molecule has 1 aliphatic heterocycles. The van der Waals surface area contributed by atoms with Crippen LogP contribution in [-0.4, -0.2) is 28.5 Å². The number of benzene rings is 1. The Labute approximate surface area is 183 Å². The molecular weight excluding hydrogens is 477 g/mol. The van der Waals surface area contributed by atoms with E-state index in [4.69, 9.17) is 5.53 Å². The number of rotatable bonds is 4. The van der Waals surface area contributed by atoms with E-state index < -0.39 is 11.9 Å². The Morgan fingerprint density at radius 2 is 2.03 bits per heavy atom. The number of aryl methyl sites for hydroxylation is 1. The normalized spacial score (nSPS) is 14.4. The molecule has 0 spiro atoms. The predicted molar refractivity (Wildman–Crippen MR) is 113 cm³/mol. The summed E-state index contributed by atoms with van der Waals surface area (Å²) in [5.41, 5.74) is 9.68. The number of fused-ring (bicyclic) bond motifs is 1. The largest absolute Gasteiger partial charge is 0.433 e. The molecule has 0 bridgehead atoms. The molecule has 3 heterocycles. The Balaban J connectivity index is 1.47.